The van der Waals surface area contributed by atoms with Gasteiger partial charge in [-0.2, -0.15) is 0 Å². The van der Waals surface area contributed by atoms with Gasteiger partial charge >= 0.3 is 0 Å². The van der Waals surface area contributed by atoms with E-state index in [0.717, 1.165) is 17.1 Å². The third-order valence-electron chi connectivity index (χ3n) is 11.4. The molecule has 2 heteroatoms. The molecular weight excluding hydrogens is 719 g/mol. The van der Waals surface area contributed by atoms with Crippen molar-refractivity contribution in [3.63, 3.8) is 0 Å². The monoisotopic (exact) mass is 755 g/mol. The van der Waals surface area contributed by atoms with Crippen LogP contribution in [0.5, 0.6) is 0 Å². The molecule has 1 nitrogen and oxygen atoms in total. The summed E-state index contributed by atoms with van der Waals surface area (Å²) in [6, 6.07) is 82.0. The second kappa shape index (κ2) is 14.4. The van der Waals surface area contributed by atoms with E-state index in [9.17, 15) is 0 Å². The van der Waals surface area contributed by atoms with Crippen LogP contribution < -0.4 is 4.90 Å². The fourth-order valence-electron chi connectivity index (χ4n) is 8.62. The molecule has 0 spiro atoms. The first kappa shape index (κ1) is 34.0. The van der Waals surface area contributed by atoms with Crippen molar-refractivity contribution in [1.29, 1.82) is 0 Å². The summed E-state index contributed by atoms with van der Waals surface area (Å²) >= 11 is 1.90. The number of thiophene rings is 1. The van der Waals surface area contributed by atoms with Crippen LogP contribution in [0.15, 0.2) is 224 Å². The highest BCUT2D eigenvalue weighted by molar-refractivity contribution is 7.27. The van der Waals surface area contributed by atoms with E-state index in [1.54, 1.807) is 0 Å². The average Bonchev–Trinajstić information content (AvgIpc) is 3.69. The van der Waals surface area contributed by atoms with E-state index in [-0.39, 0.29) is 0 Å². The van der Waals surface area contributed by atoms with Gasteiger partial charge in [0.05, 0.1) is 16.1 Å². The Labute approximate surface area is 342 Å². The number of rotatable bonds is 7. The molecule has 272 valence electrons. The average molecular weight is 756 g/mol. The summed E-state index contributed by atoms with van der Waals surface area (Å²) in [4.78, 5) is 2.51. The molecule has 0 aliphatic heterocycles. The lowest BCUT2D eigenvalue weighted by atomic mass is 9.95. The lowest BCUT2D eigenvalue weighted by Gasteiger charge is -2.29. The molecule has 11 aromatic rings. The summed E-state index contributed by atoms with van der Waals surface area (Å²) < 4.78 is 2.55. The maximum absolute atomic E-state index is 2.51. The highest BCUT2D eigenvalue weighted by Gasteiger charge is 2.23. The second-order valence-electron chi connectivity index (χ2n) is 14.9. The minimum atomic E-state index is 1.11. The summed E-state index contributed by atoms with van der Waals surface area (Å²) in [6.45, 7) is 0. The van der Waals surface area contributed by atoms with Crippen LogP contribution in [0.25, 0.3) is 86.2 Å². The highest BCUT2D eigenvalue weighted by Crippen LogP contribution is 2.50. The van der Waals surface area contributed by atoms with E-state index in [2.05, 4.69) is 229 Å². The molecule has 0 saturated carbocycles. The van der Waals surface area contributed by atoms with E-state index < -0.39 is 0 Å². The Morgan fingerprint density at radius 2 is 0.862 bits per heavy atom. The minimum Gasteiger partial charge on any atom is -0.308 e. The quantitative estimate of drug-likeness (QED) is 0.157. The van der Waals surface area contributed by atoms with Crippen molar-refractivity contribution in [2.75, 3.05) is 4.90 Å². The van der Waals surface area contributed by atoms with Crippen LogP contribution in [0.2, 0.25) is 0 Å². The molecular formula is C56H37NS. The van der Waals surface area contributed by atoms with Crippen molar-refractivity contribution in [2.24, 2.45) is 0 Å². The summed E-state index contributed by atoms with van der Waals surface area (Å²) in [7, 11) is 0. The standard InChI is InChI=1S/C56H37NS/c1-4-15-38(16-5-1)45-36-52-51-26-14-25-48(42-20-8-3-9-21-42)55(51)58-56(52)54(37-45)57(46-31-29-40(30-32-46)44-28-27-39-17-10-11-22-43(39)35-44)53-34-33-47(41-18-6-2-7-19-41)49-23-12-13-24-50(49)53/h1-37H. The van der Waals surface area contributed by atoms with E-state index >= 15 is 0 Å². The van der Waals surface area contributed by atoms with Crippen LogP contribution in [0.1, 0.15) is 0 Å². The maximum atomic E-state index is 2.51. The van der Waals surface area contributed by atoms with Gasteiger partial charge in [-0.3, -0.25) is 0 Å². The van der Waals surface area contributed by atoms with Gasteiger partial charge in [-0.05, 0) is 97.1 Å². The van der Waals surface area contributed by atoms with Gasteiger partial charge in [0.1, 0.15) is 0 Å². The van der Waals surface area contributed by atoms with E-state index in [4.69, 9.17) is 0 Å². The van der Waals surface area contributed by atoms with Crippen LogP contribution in [0.3, 0.4) is 0 Å². The Morgan fingerprint density at radius 3 is 1.60 bits per heavy atom. The molecule has 0 radical (unpaired) electrons. The van der Waals surface area contributed by atoms with Crippen LogP contribution >= 0.6 is 11.3 Å². The molecule has 0 N–H and O–H groups in total. The molecule has 0 saturated heterocycles. The zero-order valence-corrected chi connectivity index (χ0v) is 32.5. The van der Waals surface area contributed by atoms with Gasteiger partial charge in [-0.1, -0.05) is 188 Å². The smallest absolute Gasteiger partial charge is 0.0646 e. The number of benzene rings is 10. The molecule has 1 aromatic heterocycles. The van der Waals surface area contributed by atoms with E-state index in [1.165, 1.54) is 86.2 Å². The van der Waals surface area contributed by atoms with Crippen molar-refractivity contribution in [3.05, 3.63) is 224 Å². The normalized spacial score (nSPS) is 11.4. The summed E-state index contributed by atoms with van der Waals surface area (Å²) in [6.07, 6.45) is 0. The van der Waals surface area contributed by atoms with E-state index in [0.29, 0.717) is 0 Å². The zero-order valence-electron chi connectivity index (χ0n) is 31.7. The van der Waals surface area contributed by atoms with Crippen molar-refractivity contribution < 1.29 is 0 Å². The van der Waals surface area contributed by atoms with Gasteiger partial charge in [0.25, 0.3) is 0 Å². The fraction of sp³-hybridized carbons (Fsp3) is 0. The summed E-state index contributed by atoms with van der Waals surface area (Å²) in [5, 5.41) is 7.46. The van der Waals surface area contributed by atoms with Gasteiger partial charge in [0, 0.05) is 26.5 Å². The molecule has 10 aromatic carbocycles. The third-order valence-corrected chi connectivity index (χ3v) is 12.7. The number of anilines is 3. The zero-order chi connectivity index (χ0) is 38.4. The molecule has 0 amide bonds. The van der Waals surface area contributed by atoms with Crippen LogP contribution in [0, 0.1) is 0 Å². The van der Waals surface area contributed by atoms with Crippen molar-refractivity contribution in [3.8, 4) is 44.5 Å². The van der Waals surface area contributed by atoms with Crippen LogP contribution in [0.4, 0.5) is 17.1 Å². The lowest BCUT2D eigenvalue weighted by Crippen LogP contribution is -2.11. The molecule has 0 bridgehead atoms. The number of fused-ring (bicyclic) bond motifs is 5. The minimum absolute atomic E-state index is 1.11. The molecule has 0 atom stereocenters. The van der Waals surface area contributed by atoms with Gasteiger partial charge in [-0.15, -0.1) is 11.3 Å². The maximum Gasteiger partial charge on any atom is 0.0646 e. The Balaban J connectivity index is 1.19. The van der Waals surface area contributed by atoms with Crippen molar-refractivity contribution in [1.82, 2.24) is 0 Å². The van der Waals surface area contributed by atoms with Crippen LogP contribution in [-0.2, 0) is 0 Å². The van der Waals surface area contributed by atoms with Gasteiger partial charge < -0.3 is 4.90 Å². The first-order valence-electron chi connectivity index (χ1n) is 19.8. The molecule has 0 aliphatic rings. The van der Waals surface area contributed by atoms with E-state index in [1.807, 2.05) is 11.3 Å². The topological polar surface area (TPSA) is 3.24 Å². The van der Waals surface area contributed by atoms with Crippen molar-refractivity contribution >= 4 is 70.1 Å². The SMILES string of the molecule is c1ccc(-c2cc(N(c3ccc(-c4ccc5ccccc5c4)cc3)c3ccc(-c4ccccc4)c4ccccc34)c3sc4c(-c5ccccc5)cccc4c3c2)cc1. The first-order valence-corrected chi connectivity index (χ1v) is 20.7. The van der Waals surface area contributed by atoms with Gasteiger partial charge in [-0.25, -0.2) is 0 Å². The first-order chi connectivity index (χ1) is 28.8. The summed E-state index contributed by atoms with van der Waals surface area (Å²) in [5.74, 6) is 0. The predicted octanol–water partition coefficient (Wildman–Crippen LogP) is 16.5. The Bertz CT molecular complexity index is 3260. The fourth-order valence-corrected chi connectivity index (χ4v) is 9.94. The Morgan fingerprint density at radius 1 is 0.276 bits per heavy atom. The van der Waals surface area contributed by atoms with Gasteiger partial charge in [0.15, 0.2) is 0 Å². The largest absolute Gasteiger partial charge is 0.308 e. The Hall–Kier alpha value is -7.26. The summed E-state index contributed by atoms with van der Waals surface area (Å²) in [5.41, 5.74) is 13.1. The molecule has 0 aliphatic carbocycles. The van der Waals surface area contributed by atoms with Crippen molar-refractivity contribution in [2.45, 2.75) is 0 Å². The molecule has 0 fully saturated rings. The second-order valence-corrected chi connectivity index (χ2v) is 15.9. The lowest BCUT2D eigenvalue weighted by molar-refractivity contribution is 1.32. The molecule has 58 heavy (non-hydrogen) atoms. The number of nitrogens with zero attached hydrogens (tertiary/aromatic N) is 1. The number of hydrogen-bond acceptors (Lipinski definition) is 2. The van der Waals surface area contributed by atoms with Crippen LogP contribution in [-0.4, -0.2) is 0 Å². The highest BCUT2D eigenvalue weighted by atomic mass is 32.1. The predicted molar refractivity (Wildman–Crippen MR) is 251 cm³/mol. The molecule has 1 heterocycles. The number of hydrogen-bond donors (Lipinski definition) is 0. The van der Waals surface area contributed by atoms with Gasteiger partial charge in [0.2, 0.25) is 0 Å². The molecule has 0 unspecified atom stereocenters. The Kier molecular flexibility index (Phi) is 8.42. The molecule has 11 rings (SSSR count). The third kappa shape index (κ3) is 5.94.